The van der Waals surface area contributed by atoms with Gasteiger partial charge in [-0.05, 0) is 86.7 Å². The molecular formula is C37H41NO6. The van der Waals surface area contributed by atoms with E-state index in [2.05, 4.69) is 36.4 Å². The van der Waals surface area contributed by atoms with Crippen LogP contribution in [0.1, 0.15) is 68.3 Å². The van der Waals surface area contributed by atoms with Gasteiger partial charge in [0.05, 0.1) is 19.7 Å². The zero-order valence-electron chi connectivity index (χ0n) is 26.3. The number of para-hydroxylation sites is 1. The number of hydrogen-bond donors (Lipinski definition) is 0. The second-order valence-electron chi connectivity index (χ2n) is 12.4. The lowest BCUT2D eigenvalue weighted by molar-refractivity contribution is -0.142. The predicted octanol–water partition coefficient (Wildman–Crippen LogP) is 7.98. The zero-order valence-corrected chi connectivity index (χ0v) is 26.3. The molecule has 7 nitrogen and oxygen atoms in total. The molecule has 0 fully saturated rings. The van der Waals surface area contributed by atoms with Gasteiger partial charge in [0.15, 0.2) is 6.61 Å². The van der Waals surface area contributed by atoms with Crippen molar-refractivity contribution in [3.8, 4) is 11.5 Å². The molecule has 4 aromatic rings. The van der Waals surface area contributed by atoms with Gasteiger partial charge in [0.1, 0.15) is 23.2 Å². The number of hydrogen-bond acceptors (Lipinski definition) is 6. The third-order valence-electron chi connectivity index (χ3n) is 7.92. The van der Waals surface area contributed by atoms with E-state index in [1.54, 1.807) is 4.90 Å². The fraction of sp³-hybridized carbons (Fsp3) is 0.351. The molecule has 44 heavy (non-hydrogen) atoms. The maximum absolute atomic E-state index is 13.8. The van der Waals surface area contributed by atoms with Gasteiger partial charge >= 0.3 is 12.1 Å². The molecule has 3 atom stereocenters. The first-order chi connectivity index (χ1) is 21.0. The summed E-state index contributed by atoms with van der Waals surface area (Å²) in [5, 5.41) is 2.22. The molecule has 0 aromatic heterocycles. The highest BCUT2D eigenvalue weighted by Gasteiger charge is 2.35. The fourth-order valence-corrected chi connectivity index (χ4v) is 5.90. The van der Waals surface area contributed by atoms with Crippen LogP contribution >= 0.6 is 0 Å². The second-order valence-corrected chi connectivity index (χ2v) is 12.4. The number of carbonyl (C=O) groups is 2. The molecule has 0 radical (unpaired) electrons. The van der Waals surface area contributed by atoms with Crippen molar-refractivity contribution >= 4 is 22.8 Å². The molecule has 230 valence electrons. The minimum atomic E-state index is -0.654. The van der Waals surface area contributed by atoms with Crippen LogP contribution in [0.5, 0.6) is 11.5 Å². The third-order valence-corrected chi connectivity index (χ3v) is 7.92. The number of nitrogens with zero attached hydrogens (tertiary/aromatic N) is 1. The van der Waals surface area contributed by atoms with E-state index in [-0.39, 0.29) is 30.8 Å². The monoisotopic (exact) mass is 595 g/mol. The molecule has 1 heterocycles. The molecule has 0 saturated heterocycles. The van der Waals surface area contributed by atoms with Gasteiger partial charge in [-0.2, -0.15) is 0 Å². The molecule has 0 aliphatic carbocycles. The first-order valence-electron chi connectivity index (χ1n) is 15.1. The van der Waals surface area contributed by atoms with Crippen molar-refractivity contribution in [2.45, 2.75) is 64.7 Å². The van der Waals surface area contributed by atoms with Crippen molar-refractivity contribution in [3.05, 3.63) is 107 Å². The van der Waals surface area contributed by atoms with E-state index in [1.807, 2.05) is 83.1 Å². The summed E-state index contributed by atoms with van der Waals surface area (Å²) in [6, 6.07) is 28.2. The van der Waals surface area contributed by atoms with Crippen molar-refractivity contribution in [3.63, 3.8) is 0 Å². The Labute approximate surface area is 259 Å². The minimum absolute atomic E-state index is 0.0151. The number of benzene rings is 4. The Bertz CT molecular complexity index is 1640. The van der Waals surface area contributed by atoms with Gasteiger partial charge in [0.2, 0.25) is 0 Å². The third kappa shape index (κ3) is 7.16. The molecular weight excluding hydrogens is 554 g/mol. The van der Waals surface area contributed by atoms with Crippen molar-refractivity contribution in [2.24, 2.45) is 0 Å². The summed E-state index contributed by atoms with van der Waals surface area (Å²) in [4.78, 5) is 27.3. The van der Waals surface area contributed by atoms with E-state index in [0.29, 0.717) is 18.7 Å². The van der Waals surface area contributed by atoms with Crippen LogP contribution in [-0.4, -0.2) is 48.9 Å². The zero-order chi connectivity index (χ0) is 31.4. The normalized spacial score (nSPS) is 16.8. The lowest BCUT2D eigenvalue weighted by atomic mass is 9.83. The van der Waals surface area contributed by atoms with Gasteiger partial charge in [-0.25, -0.2) is 9.59 Å². The van der Waals surface area contributed by atoms with E-state index < -0.39 is 11.6 Å². The highest BCUT2D eigenvalue weighted by molar-refractivity contribution is 5.86. The Morgan fingerprint density at radius 1 is 0.977 bits per heavy atom. The summed E-state index contributed by atoms with van der Waals surface area (Å²) in [5.74, 6) is 0.936. The summed E-state index contributed by atoms with van der Waals surface area (Å²) < 4.78 is 23.0. The standard InChI is InChI=1S/C37H41NO6/c1-24-18-27(20-28(19-24)42-23-35(39)41-6)33-21-29(43-34-17-10-9-15-32(33)34)22-38(36(40)44-37(3,4)5)25(2)30-16-11-13-26-12-7-8-14-31(26)30/h7-20,25,29,33H,21-23H2,1-6H3/t25-,29-,33?/m1/s1. The van der Waals surface area contributed by atoms with E-state index in [4.69, 9.17) is 18.9 Å². The fourth-order valence-electron chi connectivity index (χ4n) is 5.90. The molecule has 5 rings (SSSR count). The van der Waals surface area contributed by atoms with Crippen LogP contribution in [0.2, 0.25) is 0 Å². The van der Waals surface area contributed by atoms with Crippen molar-refractivity contribution < 1.29 is 28.5 Å². The van der Waals surface area contributed by atoms with Crippen molar-refractivity contribution in [2.75, 3.05) is 20.3 Å². The van der Waals surface area contributed by atoms with Crippen LogP contribution in [0.15, 0.2) is 84.9 Å². The molecule has 1 aliphatic rings. The first-order valence-corrected chi connectivity index (χ1v) is 15.1. The maximum atomic E-state index is 13.8. The Morgan fingerprint density at radius 2 is 1.70 bits per heavy atom. The minimum Gasteiger partial charge on any atom is -0.488 e. The van der Waals surface area contributed by atoms with E-state index >= 15 is 0 Å². The van der Waals surface area contributed by atoms with Crippen molar-refractivity contribution in [1.29, 1.82) is 0 Å². The highest BCUT2D eigenvalue weighted by atomic mass is 16.6. The smallest absolute Gasteiger partial charge is 0.410 e. The number of fused-ring (bicyclic) bond motifs is 2. The van der Waals surface area contributed by atoms with Crippen LogP contribution in [0.25, 0.3) is 10.8 Å². The van der Waals surface area contributed by atoms with Crippen molar-refractivity contribution in [1.82, 2.24) is 4.90 Å². The lowest BCUT2D eigenvalue weighted by Gasteiger charge is -2.38. The van der Waals surface area contributed by atoms with Gasteiger partial charge in [0, 0.05) is 11.5 Å². The number of methoxy groups -OCH3 is 1. The summed E-state index contributed by atoms with van der Waals surface area (Å²) in [7, 11) is 1.34. The molecule has 0 spiro atoms. The number of esters is 1. The molecule has 0 saturated carbocycles. The first kappa shape index (κ1) is 30.9. The number of carbonyl (C=O) groups excluding carboxylic acids is 2. The molecule has 0 bridgehead atoms. The van der Waals surface area contributed by atoms with Gasteiger partial charge in [-0.15, -0.1) is 0 Å². The predicted molar refractivity (Wildman–Crippen MR) is 171 cm³/mol. The van der Waals surface area contributed by atoms with Gasteiger partial charge in [-0.3, -0.25) is 4.90 Å². The van der Waals surface area contributed by atoms with Gasteiger partial charge < -0.3 is 18.9 Å². The molecule has 7 heteroatoms. The number of rotatable bonds is 8. The maximum Gasteiger partial charge on any atom is 0.410 e. The van der Waals surface area contributed by atoms with Gasteiger partial charge in [0.25, 0.3) is 0 Å². The van der Waals surface area contributed by atoms with Crippen LogP contribution in [0.3, 0.4) is 0 Å². The number of ether oxygens (including phenoxy) is 4. The van der Waals surface area contributed by atoms with Crippen LogP contribution in [-0.2, 0) is 14.3 Å². The average Bonchev–Trinajstić information content (AvgIpc) is 3.00. The molecule has 4 aromatic carbocycles. The SMILES string of the molecule is COC(=O)COc1cc(C)cc(C2C[C@H](CN(C(=O)OC(C)(C)C)[C@H](C)c3cccc4ccccc34)Oc3ccccc32)c1. The summed E-state index contributed by atoms with van der Waals surface area (Å²) >= 11 is 0. The topological polar surface area (TPSA) is 74.3 Å². The molecule has 0 N–H and O–H groups in total. The molecule has 1 amide bonds. The Kier molecular flexibility index (Phi) is 9.14. The Hall–Kier alpha value is -4.52. The van der Waals surface area contributed by atoms with Crippen LogP contribution in [0.4, 0.5) is 4.79 Å². The lowest BCUT2D eigenvalue weighted by Crippen LogP contribution is -2.45. The largest absolute Gasteiger partial charge is 0.488 e. The van der Waals surface area contributed by atoms with E-state index in [1.165, 1.54) is 7.11 Å². The molecule has 1 aliphatic heterocycles. The Balaban J connectivity index is 1.48. The van der Waals surface area contributed by atoms with Gasteiger partial charge in [-0.1, -0.05) is 66.7 Å². The second kappa shape index (κ2) is 13.0. The van der Waals surface area contributed by atoms with E-state index in [9.17, 15) is 9.59 Å². The van der Waals surface area contributed by atoms with Crippen LogP contribution < -0.4 is 9.47 Å². The average molecular weight is 596 g/mol. The summed E-state index contributed by atoms with van der Waals surface area (Å²) in [6.07, 6.45) is -0.0517. The number of amides is 1. The summed E-state index contributed by atoms with van der Waals surface area (Å²) in [6.45, 7) is 9.87. The molecule has 1 unspecified atom stereocenters. The van der Waals surface area contributed by atoms with Crippen LogP contribution in [0, 0.1) is 6.92 Å². The number of aryl methyl sites for hydroxylation is 1. The van der Waals surface area contributed by atoms with E-state index in [0.717, 1.165) is 38.8 Å². The highest BCUT2D eigenvalue weighted by Crippen LogP contribution is 2.42. The Morgan fingerprint density at radius 3 is 2.48 bits per heavy atom. The summed E-state index contributed by atoms with van der Waals surface area (Å²) in [5.41, 5.74) is 3.53. The quantitative estimate of drug-likeness (QED) is 0.192.